The summed E-state index contributed by atoms with van der Waals surface area (Å²) in [7, 11) is 0. The Morgan fingerprint density at radius 2 is 1.91 bits per heavy atom. The van der Waals surface area contributed by atoms with Crippen molar-refractivity contribution in [2.75, 3.05) is 44.3 Å². The van der Waals surface area contributed by atoms with E-state index < -0.39 is 0 Å². The number of hydrogen-bond acceptors (Lipinski definition) is 4. The van der Waals surface area contributed by atoms with Crippen LogP contribution in [0.5, 0.6) is 0 Å². The second-order valence-electron chi connectivity index (χ2n) is 6.30. The van der Waals surface area contributed by atoms with Gasteiger partial charge in [-0.15, -0.1) is 0 Å². The maximum atomic E-state index is 5.49. The summed E-state index contributed by atoms with van der Waals surface area (Å²) in [6, 6.07) is 8.98. The van der Waals surface area contributed by atoms with Gasteiger partial charge in [-0.2, -0.15) is 0 Å². The van der Waals surface area contributed by atoms with Crippen molar-refractivity contribution >= 4 is 17.0 Å². The van der Waals surface area contributed by atoms with E-state index in [-0.39, 0.29) is 0 Å². The molecule has 4 rings (SSSR count). The minimum Gasteiger partial charge on any atom is -0.381 e. The van der Waals surface area contributed by atoms with Gasteiger partial charge in [0.05, 0.1) is 11.0 Å². The monoisotopic (exact) mass is 300 g/mol. The number of benzene rings is 1. The highest BCUT2D eigenvalue weighted by Crippen LogP contribution is 2.21. The van der Waals surface area contributed by atoms with Crippen molar-refractivity contribution in [3.8, 4) is 0 Å². The average Bonchev–Trinajstić information content (AvgIpc) is 2.85. The van der Waals surface area contributed by atoms with E-state index in [1.165, 1.54) is 25.8 Å². The summed E-state index contributed by atoms with van der Waals surface area (Å²) in [4.78, 5) is 13.3. The van der Waals surface area contributed by atoms with Gasteiger partial charge in [-0.25, -0.2) is 4.98 Å². The fraction of sp³-hybridized carbons (Fsp3) is 0.588. The number of ether oxygens (including phenoxy) is 1. The number of aromatic amines is 1. The van der Waals surface area contributed by atoms with Crippen molar-refractivity contribution in [2.45, 2.75) is 25.3 Å². The van der Waals surface area contributed by atoms with Crippen LogP contribution in [-0.2, 0) is 4.74 Å². The third-order valence-corrected chi connectivity index (χ3v) is 4.91. The van der Waals surface area contributed by atoms with Gasteiger partial charge in [0.1, 0.15) is 0 Å². The van der Waals surface area contributed by atoms with Gasteiger partial charge >= 0.3 is 0 Å². The molecule has 0 bridgehead atoms. The molecule has 2 aromatic rings. The van der Waals surface area contributed by atoms with E-state index in [9.17, 15) is 0 Å². The molecule has 0 aliphatic carbocycles. The Kier molecular flexibility index (Phi) is 3.99. The summed E-state index contributed by atoms with van der Waals surface area (Å²) in [5.41, 5.74) is 2.19. The molecule has 0 radical (unpaired) electrons. The van der Waals surface area contributed by atoms with E-state index in [0.29, 0.717) is 6.04 Å². The molecule has 3 heterocycles. The van der Waals surface area contributed by atoms with Gasteiger partial charge in [-0.1, -0.05) is 12.1 Å². The number of rotatable bonds is 2. The second-order valence-corrected chi connectivity index (χ2v) is 6.30. The fourth-order valence-electron chi connectivity index (χ4n) is 3.65. The van der Waals surface area contributed by atoms with Gasteiger partial charge in [0.15, 0.2) is 0 Å². The van der Waals surface area contributed by atoms with Gasteiger partial charge < -0.3 is 14.6 Å². The highest BCUT2D eigenvalue weighted by molar-refractivity contribution is 5.77. The summed E-state index contributed by atoms with van der Waals surface area (Å²) in [6.07, 6.45) is 3.57. The van der Waals surface area contributed by atoms with Crippen LogP contribution in [0.15, 0.2) is 24.3 Å². The first-order chi connectivity index (χ1) is 10.9. The van der Waals surface area contributed by atoms with Crippen LogP contribution in [0.1, 0.15) is 19.3 Å². The third kappa shape index (κ3) is 2.83. The molecule has 5 nitrogen and oxygen atoms in total. The van der Waals surface area contributed by atoms with Crippen LogP contribution in [0, 0.1) is 0 Å². The van der Waals surface area contributed by atoms with E-state index >= 15 is 0 Å². The molecule has 2 fully saturated rings. The first-order valence-corrected chi connectivity index (χ1v) is 8.42. The van der Waals surface area contributed by atoms with Gasteiger partial charge in [-0.05, 0) is 31.4 Å². The van der Waals surface area contributed by atoms with Gasteiger partial charge in [0, 0.05) is 45.4 Å². The van der Waals surface area contributed by atoms with Crippen molar-refractivity contribution in [1.29, 1.82) is 0 Å². The lowest BCUT2D eigenvalue weighted by Gasteiger charge is -2.33. The van der Waals surface area contributed by atoms with Crippen LogP contribution in [0.4, 0.5) is 5.95 Å². The molecule has 2 aliphatic heterocycles. The van der Waals surface area contributed by atoms with Crippen LogP contribution in [0.25, 0.3) is 11.0 Å². The molecule has 2 saturated heterocycles. The fourth-order valence-corrected chi connectivity index (χ4v) is 3.65. The Balaban J connectivity index is 1.45. The number of imidazole rings is 1. The zero-order valence-corrected chi connectivity index (χ0v) is 13.0. The number of nitrogens with one attached hydrogen (secondary N) is 1. The number of anilines is 1. The van der Waals surface area contributed by atoms with Crippen molar-refractivity contribution in [3.63, 3.8) is 0 Å². The van der Waals surface area contributed by atoms with E-state index in [4.69, 9.17) is 9.72 Å². The summed E-state index contributed by atoms with van der Waals surface area (Å²) in [5, 5.41) is 0. The van der Waals surface area contributed by atoms with Crippen LogP contribution >= 0.6 is 0 Å². The van der Waals surface area contributed by atoms with E-state index in [1.807, 2.05) is 6.07 Å². The third-order valence-electron chi connectivity index (χ3n) is 4.91. The molecule has 118 valence electrons. The predicted molar refractivity (Wildman–Crippen MR) is 88.3 cm³/mol. The SMILES string of the molecule is c1ccc2[nH]c(N3CCCN(C4CCOCC4)CC3)nc2c1. The highest BCUT2D eigenvalue weighted by atomic mass is 16.5. The molecule has 1 aromatic carbocycles. The molecular formula is C17H24N4O. The number of fused-ring (bicyclic) bond motifs is 1. The van der Waals surface area contributed by atoms with Crippen LogP contribution in [0.2, 0.25) is 0 Å². The maximum Gasteiger partial charge on any atom is 0.203 e. The number of hydrogen-bond donors (Lipinski definition) is 1. The molecular weight excluding hydrogens is 276 g/mol. The molecule has 22 heavy (non-hydrogen) atoms. The van der Waals surface area contributed by atoms with Crippen LogP contribution in [0.3, 0.4) is 0 Å². The zero-order valence-electron chi connectivity index (χ0n) is 13.0. The lowest BCUT2D eigenvalue weighted by atomic mass is 10.1. The highest BCUT2D eigenvalue weighted by Gasteiger charge is 2.24. The number of H-pyrrole nitrogens is 1. The number of para-hydroxylation sites is 2. The van der Waals surface area contributed by atoms with Gasteiger partial charge in [0.25, 0.3) is 0 Å². The second kappa shape index (κ2) is 6.26. The number of aromatic nitrogens is 2. The Bertz CT molecular complexity index is 587. The Morgan fingerprint density at radius 1 is 1.05 bits per heavy atom. The van der Waals surface area contributed by atoms with Gasteiger partial charge in [0.2, 0.25) is 5.95 Å². The van der Waals surface area contributed by atoms with E-state index in [1.54, 1.807) is 0 Å². The average molecular weight is 300 g/mol. The molecule has 2 aliphatic rings. The lowest BCUT2D eigenvalue weighted by Crippen LogP contribution is -2.41. The molecule has 0 atom stereocenters. The minimum atomic E-state index is 0.712. The Morgan fingerprint density at radius 3 is 2.77 bits per heavy atom. The topological polar surface area (TPSA) is 44.4 Å². The summed E-state index contributed by atoms with van der Waals surface area (Å²) < 4.78 is 5.49. The zero-order chi connectivity index (χ0) is 14.8. The van der Waals surface area contributed by atoms with Crippen molar-refractivity contribution < 1.29 is 4.74 Å². The molecule has 0 amide bonds. The molecule has 1 aromatic heterocycles. The molecule has 1 N–H and O–H groups in total. The number of nitrogens with zero attached hydrogens (tertiary/aromatic N) is 3. The lowest BCUT2D eigenvalue weighted by molar-refractivity contribution is 0.0365. The predicted octanol–water partition coefficient (Wildman–Crippen LogP) is 2.25. The van der Waals surface area contributed by atoms with Crippen LogP contribution in [-0.4, -0.2) is 60.3 Å². The molecule has 0 unspecified atom stereocenters. The maximum absolute atomic E-state index is 5.49. The largest absolute Gasteiger partial charge is 0.381 e. The Hall–Kier alpha value is -1.59. The molecule has 0 saturated carbocycles. The first kappa shape index (κ1) is 14.0. The van der Waals surface area contributed by atoms with E-state index in [0.717, 1.165) is 49.8 Å². The Labute approximate surface area is 131 Å². The summed E-state index contributed by atoms with van der Waals surface area (Å²) in [5.74, 6) is 1.02. The van der Waals surface area contributed by atoms with Crippen molar-refractivity contribution in [3.05, 3.63) is 24.3 Å². The van der Waals surface area contributed by atoms with Crippen molar-refractivity contribution in [1.82, 2.24) is 14.9 Å². The first-order valence-electron chi connectivity index (χ1n) is 8.42. The molecule has 5 heteroatoms. The smallest absolute Gasteiger partial charge is 0.203 e. The van der Waals surface area contributed by atoms with E-state index in [2.05, 4.69) is 33.0 Å². The van der Waals surface area contributed by atoms with Crippen molar-refractivity contribution in [2.24, 2.45) is 0 Å². The quantitative estimate of drug-likeness (QED) is 0.924. The standard InChI is InChI=1S/C17H24N4O/c1-2-5-16-15(4-1)18-17(19-16)21-9-3-8-20(10-11-21)14-6-12-22-13-7-14/h1-2,4-5,14H,3,6-13H2,(H,18,19). The summed E-state index contributed by atoms with van der Waals surface area (Å²) in [6.45, 7) is 6.31. The van der Waals surface area contributed by atoms with Crippen LogP contribution < -0.4 is 4.90 Å². The molecule has 0 spiro atoms. The van der Waals surface area contributed by atoms with Gasteiger partial charge in [-0.3, -0.25) is 4.90 Å². The normalized spacial score (nSPS) is 22.1. The minimum absolute atomic E-state index is 0.712. The summed E-state index contributed by atoms with van der Waals surface area (Å²) >= 11 is 0.